The lowest BCUT2D eigenvalue weighted by Crippen LogP contribution is -2.06. The number of carboxylic acid groups (broad SMARTS) is 1. The van der Waals surface area contributed by atoms with E-state index in [-0.39, 0.29) is 21.8 Å². The van der Waals surface area contributed by atoms with Gasteiger partial charge in [0.1, 0.15) is 5.82 Å². The number of hydrogen-bond acceptors (Lipinski definition) is 2. The topological polar surface area (TPSA) is 54.4 Å². The third-order valence-electron chi connectivity index (χ3n) is 2.66. The van der Waals surface area contributed by atoms with Gasteiger partial charge in [-0.3, -0.25) is 4.21 Å². The average molecular weight is 357 g/mol. The first-order chi connectivity index (χ1) is 9.49. The molecule has 2 rings (SSSR count). The maximum atomic E-state index is 13.6. The minimum absolute atomic E-state index is 0.0266. The van der Waals surface area contributed by atoms with Crippen molar-refractivity contribution in [3.8, 4) is 0 Å². The van der Waals surface area contributed by atoms with Crippen molar-refractivity contribution in [2.75, 3.05) is 0 Å². The first kappa shape index (κ1) is 14.9. The summed E-state index contributed by atoms with van der Waals surface area (Å²) in [6.07, 6.45) is 0. The molecule has 1 unspecified atom stereocenters. The van der Waals surface area contributed by atoms with Crippen LogP contribution in [-0.4, -0.2) is 15.3 Å². The van der Waals surface area contributed by atoms with Gasteiger partial charge in [0, 0.05) is 10.0 Å². The molecule has 0 aromatic heterocycles. The fourth-order valence-electron chi connectivity index (χ4n) is 1.71. The smallest absolute Gasteiger partial charge is 0.336 e. The van der Waals surface area contributed by atoms with Crippen molar-refractivity contribution in [3.63, 3.8) is 0 Å². The van der Waals surface area contributed by atoms with Crippen LogP contribution >= 0.6 is 15.9 Å². The standard InChI is InChI=1S/C14H10BrFO3S/c15-10-5-6-12(16)9(7-10)8-20(19)13-4-2-1-3-11(13)14(17)18/h1-7H,8H2,(H,17,18). The Labute approximate surface area is 126 Å². The molecule has 0 bridgehead atoms. The van der Waals surface area contributed by atoms with Crippen LogP contribution in [0.4, 0.5) is 4.39 Å². The van der Waals surface area contributed by atoms with E-state index in [9.17, 15) is 13.4 Å². The van der Waals surface area contributed by atoms with Gasteiger partial charge in [0.2, 0.25) is 0 Å². The number of halogens is 2. The zero-order valence-electron chi connectivity index (χ0n) is 10.2. The van der Waals surface area contributed by atoms with Gasteiger partial charge in [-0.15, -0.1) is 0 Å². The molecule has 3 nitrogen and oxygen atoms in total. The van der Waals surface area contributed by atoms with Gasteiger partial charge in [-0.25, -0.2) is 9.18 Å². The minimum Gasteiger partial charge on any atom is -0.478 e. The van der Waals surface area contributed by atoms with E-state index >= 15 is 0 Å². The summed E-state index contributed by atoms with van der Waals surface area (Å²) in [5, 5.41) is 9.06. The Bertz CT molecular complexity index is 688. The Morgan fingerprint density at radius 3 is 2.65 bits per heavy atom. The highest BCUT2D eigenvalue weighted by Crippen LogP contribution is 2.21. The molecule has 2 aromatic carbocycles. The number of hydrogen-bond donors (Lipinski definition) is 1. The van der Waals surface area contributed by atoms with Crippen LogP contribution in [0.2, 0.25) is 0 Å². The minimum atomic E-state index is -1.63. The quantitative estimate of drug-likeness (QED) is 0.910. The van der Waals surface area contributed by atoms with E-state index < -0.39 is 22.6 Å². The van der Waals surface area contributed by atoms with E-state index in [1.807, 2.05) is 0 Å². The summed E-state index contributed by atoms with van der Waals surface area (Å²) in [6.45, 7) is 0. The number of carbonyl (C=O) groups is 1. The van der Waals surface area contributed by atoms with Gasteiger partial charge >= 0.3 is 5.97 Å². The van der Waals surface area contributed by atoms with Gasteiger partial charge in [0.25, 0.3) is 0 Å². The number of aromatic carboxylic acids is 1. The Balaban J connectivity index is 2.33. The number of rotatable bonds is 4. The lowest BCUT2D eigenvalue weighted by molar-refractivity contribution is 0.0693. The largest absolute Gasteiger partial charge is 0.478 e. The monoisotopic (exact) mass is 356 g/mol. The van der Waals surface area contributed by atoms with Gasteiger partial charge in [-0.2, -0.15) is 0 Å². The second kappa shape index (κ2) is 6.28. The lowest BCUT2D eigenvalue weighted by Gasteiger charge is -2.07. The zero-order valence-corrected chi connectivity index (χ0v) is 12.6. The van der Waals surface area contributed by atoms with Crippen molar-refractivity contribution in [1.29, 1.82) is 0 Å². The predicted molar refractivity (Wildman–Crippen MR) is 77.6 cm³/mol. The molecule has 20 heavy (non-hydrogen) atoms. The van der Waals surface area contributed by atoms with Crippen LogP contribution in [0.25, 0.3) is 0 Å². The molecule has 0 fully saturated rings. The second-order valence-corrected chi connectivity index (χ2v) is 6.36. The van der Waals surface area contributed by atoms with Crippen LogP contribution in [0.3, 0.4) is 0 Å². The predicted octanol–water partition coefficient (Wildman–Crippen LogP) is 3.59. The summed E-state index contributed by atoms with van der Waals surface area (Å²) in [5.74, 6) is -1.69. The zero-order chi connectivity index (χ0) is 14.7. The molecule has 104 valence electrons. The van der Waals surface area contributed by atoms with Crippen molar-refractivity contribution in [2.45, 2.75) is 10.6 Å². The molecule has 0 spiro atoms. The molecule has 0 aliphatic carbocycles. The van der Waals surface area contributed by atoms with E-state index in [4.69, 9.17) is 5.11 Å². The maximum absolute atomic E-state index is 13.6. The van der Waals surface area contributed by atoms with E-state index in [0.29, 0.717) is 4.47 Å². The first-order valence-corrected chi connectivity index (χ1v) is 7.75. The number of benzene rings is 2. The van der Waals surface area contributed by atoms with Gasteiger partial charge < -0.3 is 5.11 Å². The molecule has 6 heteroatoms. The van der Waals surface area contributed by atoms with Gasteiger partial charge in [-0.1, -0.05) is 28.1 Å². The van der Waals surface area contributed by atoms with E-state index in [0.717, 1.165) is 0 Å². The van der Waals surface area contributed by atoms with Crippen LogP contribution in [0.1, 0.15) is 15.9 Å². The molecule has 0 heterocycles. The molecule has 2 aromatic rings. The van der Waals surface area contributed by atoms with E-state index in [1.165, 1.54) is 24.3 Å². The Morgan fingerprint density at radius 1 is 1.25 bits per heavy atom. The molecule has 0 saturated carbocycles. The summed E-state index contributed by atoms with van der Waals surface area (Å²) in [6, 6.07) is 10.4. The van der Waals surface area contributed by atoms with E-state index in [2.05, 4.69) is 15.9 Å². The maximum Gasteiger partial charge on any atom is 0.336 e. The molecular weight excluding hydrogens is 347 g/mol. The fraction of sp³-hybridized carbons (Fsp3) is 0.0714. The average Bonchev–Trinajstić information content (AvgIpc) is 2.42. The van der Waals surface area contributed by atoms with Crippen molar-refractivity contribution < 1.29 is 18.5 Å². The third-order valence-corrected chi connectivity index (χ3v) is 4.57. The normalized spacial score (nSPS) is 12.1. The van der Waals surface area contributed by atoms with Crippen LogP contribution in [0.15, 0.2) is 51.8 Å². The van der Waals surface area contributed by atoms with E-state index in [1.54, 1.807) is 18.2 Å². The van der Waals surface area contributed by atoms with Crippen molar-refractivity contribution in [3.05, 3.63) is 63.9 Å². The van der Waals surface area contributed by atoms with Crippen molar-refractivity contribution in [1.82, 2.24) is 0 Å². The summed E-state index contributed by atoms with van der Waals surface area (Å²) in [4.78, 5) is 11.3. The Kier molecular flexibility index (Phi) is 4.67. The highest BCUT2D eigenvalue weighted by Gasteiger charge is 2.16. The highest BCUT2D eigenvalue weighted by atomic mass is 79.9. The molecule has 0 saturated heterocycles. The summed E-state index contributed by atoms with van der Waals surface area (Å²) in [7, 11) is -1.63. The highest BCUT2D eigenvalue weighted by molar-refractivity contribution is 9.10. The van der Waals surface area contributed by atoms with Gasteiger partial charge in [-0.05, 0) is 30.3 Å². The summed E-state index contributed by atoms with van der Waals surface area (Å²) in [5.41, 5.74) is 0.249. The van der Waals surface area contributed by atoms with Crippen LogP contribution in [0, 0.1) is 5.82 Å². The first-order valence-electron chi connectivity index (χ1n) is 5.63. The van der Waals surface area contributed by atoms with Crippen molar-refractivity contribution >= 4 is 32.7 Å². The molecule has 0 aliphatic rings. The Morgan fingerprint density at radius 2 is 1.95 bits per heavy atom. The van der Waals surface area contributed by atoms with Crippen LogP contribution < -0.4 is 0 Å². The molecule has 1 atom stereocenters. The number of carboxylic acids is 1. The molecule has 0 amide bonds. The lowest BCUT2D eigenvalue weighted by atomic mass is 10.2. The molecular formula is C14H10BrFO3S. The van der Waals surface area contributed by atoms with Crippen molar-refractivity contribution in [2.24, 2.45) is 0 Å². The fourth-order valence-corrected chi connectivity index (χ4v) is 3.41. The van der Waals surface area contributed by atoms with Crippen LogP contribution in [-0.2, 0) is 16.6 Å². The molecule has 1 N–H and O–H groups in total. The van der Waals surface area contributed by atoms with Gasteiger partial charge in [0.05, 0.1) is 27.0 Å². The molecule has 0 radical (unpaired) electrons. The molecule has 0 aliphatic heterocycles. The third kappa shape index (κ3) is 3.32. The van der Waals surface area contributed by atoms with Crippen LogP contribution in [0.5, 0.6) is 0 Å². The SMILES string of the molecule is O=C(O)c1ccccc1S(=O)Cc1cc(Br)ccc1F. The summed E-state index contributed by atoms with van der Waals surface area (Å²) < 4.78 is 26.6. The second-order valence-electron chi connectivity index (χ2n) is 4.03. The summed E-state index contributed by atoms with van der Waals surface area (Å²) >= 11 is 3.22. The van der Waals surface area contributed by atoms with Gasteiger partial charge in [0.15, 0.2) is 0 Å². The Hall–Kier alpha value is -1.53.